The van der Waals surface area contributed by atoms with Crippen molar-refractivity contribution in [2.45, 2.75) is 58.8 Å². The molecule has 17 heavy (non-hydrogen) atoms. The molecule has 0 spiro atoms. The Balaban J connectivity index is 2.57. The number of unbranched alkanes of at least 4 members (excludes halogenated alkanes) is 3. The monoisotopic (exact) mass is 233 g/mol. The van der Waals surface area contributed by atoms with Crippen molar-refractivity contribution in [3.8, 4) is 0 Å². The molecule has 1 rings (SSSR count). The van der Waals surface area contributed by atoms with Gasteiger partial charge in [-0.15, -0.1) is 6.58 Å². The van der Waals surface area contributed by atoms with Crippen LogP contribution in [-0.4, -0.2) is 4.98 Å². The molecule has 0 aliphatic carbocycles. The van der Waals surface area contributed by atoms with Crippen molar-refractivity contribution in [2.24, 2.45) is 5.41 Å². The predicted octanol–water partition coefficient (Wildman–Crippen LogP) is 5.28. The minimum absolute atomic E-state index is 0.292. The average molecular weight is 233 g/mol. The molecule has 0 aliphatic heterocycles. The van der Waals surface area contributed by atoms with Gasteiger partial charge in [0.1, 0.15) is 0 Å². The van der Waals surface area contributed by atoms with Gasteiger partial charge < -0.3 is 4.98 Å². The van der Waals surface area contributed by atoms with Gasteiger partial charge in [-0.25, -0.2) is 0 Å². The first-order valence-corrected chi connectivity index (χ1v) is 6.87. The summed E-state index contributed by atoms with van der Waals surface area (Å²) in [4.78, 5) is 3.32. The summed E-state index contributed by atoms with van der Waals surface area (Å²) in [5, 5.41) is 0. The van der Waals surface area contributed by atoms with Crippen molar-refractivity contribution in [1.29, 1.82) is 0 Å². The summed E-state index contributed by atoms with van der Waals surface area (Å²) in [5.41, 5.74) is 1.58. The molecule has 0 saturated heterocycles. The van der Waals surface area contributed by atoms with Crippen LogP contribution in [0.25, 0.3) is 0 Å². The van der Waals surface area contributed by atoms with Crippen LogP contribution in [-0.2, 0) is 0 Å². The number of aromatic amines is 1. The van der Waals surface area contributed by atoms with Gasteiger partial charge in [0.15, 0.2) is 0 Å². The summed E-state index contributed by atoms with van der Waals surface area (Å²) in [6.45, 7) is 11.0. The quantitative estimate of drug-likeness (QED) is 0.464. The van der Waals surface area contributed by atoms with E-state index < -0.39 is 0 Å². The molecule has 1 nitrogen and oxygen atoms in total. The standard InChI is InChI=1S/C16H27N/c1-5-7-8-9-12-16(3,4)14(6-2)15-11-10-13-17-15/h6,10-11,13-14,17H,2,5,7-9,12H2,1,3-4H3. The Morgan fingerprint density at radius 1 is 1.35 bits per heavy atom. The minimum Gasteiger partial charge on any atom is -0.364 e. The zero-order valence-electron chi connectivity index (χ0n) is 11.6. The zero-order valence-corrected chi connectivity index (χ0v) is 11.6. The topological polar surface area (TPSA) is 15.8 Å². The van der Waals surface area contributed by atoms with Crippen LogP contribution in [0.5, 0.6) is 0 Å². The van der Waals surface area contributed by atoms with Crippen LogP contribution in [0.15, 0.2) is 31.0 Å². The third-order valence-corrected chi connectivity index (χ3v) is 3.71. The molecule has 0 saturated carbocycles. The van der Waals surface area contributed by atoms with Crippen LogP contribution < -0.4 is 0 Å². The Morgan fingerprint density at radius 2 is 2.12 bits per heavy atom. The first-order chi connectivity index (χ1) is 8.11. The largest absolute Gasteiger partial charge is 0.364 e. The maximum Gasteiger partial charge on any atom is 0.0222 e. The molecular formula is C16H27N. The number of H-pyrrole nitrogens is 1. The number of nitrogens with one attached hydrogen (secondary N) is 1. The predicted molar refractivity (Wildman–Crippen MR) is 76.3 cm³/mol. The summed E-state index contributed by atoms with van der Waals surface area (Å²) in [6, 6.07) is 4.24. The van der Waals surface area contributed by atoms with Gasteiger partial charge >= 0.3 is 0 Å². The third kappa shape index (κ3) is 4.07. The van der Waals surface area contributed by atoms with Gasteiger partial charge in [0.25, 0.3) is 0 Å². The van der Waals surface area contributed by atoms with Crippen molar-refractivity contribution < 1.29 is 0 Å². The van der Waals surface area contributed by atoms with Gasteiger partial charge in [-0.05, 0) is 24.0 Å². The van der Waals surface area contributed by atoms with Crippen LogP contribution in [0.1, 0.15) is 64.5 Å². The third-order valence-electron chi connectivity index (χ3n) is 3.71. The van der Waals surface area contributed by atoms with Crippen molar-refractivity contribution in [1.82, 2.24) is 4.98 Å². The SMILES string of the molecule is C=CC(c1ccc[nH]1)C(C)(C)CCCCCC. The normalized spacial score (nSPS) is 13.6. The fraction of sp³-hybridized carbons (Fsp3) is 0.625. The second-order valence-corrected chi connectivity index (χ2v) is 5.64. The van der Waals surface area contributed by atoms with Gasteiger partial charge in [-0.1, -0.05) is 52.5 Å². The summed E-state index contributed by atoms with van der Waals surface area (Å²) in [5.74, 6) is 0.430. The van der Waals surface area contributed by atoms with Gasteiger partial charge in [0.05, 0.1) is 0 Å². The number of rotatable bonds is 8. The van der Waals surface area contributed by atoms with Crippen molar-refractivity contribution in [3.05, 3.63) is 36.7 Å². The first-order valence-electron chi connectivity index (χ1n) is 6.87. The highest BCUT2D eigenvalue weighted by molar-refractivity contribution is 5.18. The summed E-state index contributed by atoms with van der Waals surface area (Å²) >= 11 is 0. The molecule has 1 N–H and O–H groups in total. The molecule has 1 aromatic heterocycles. The highest BCUT2D eigenvalue weighted by Crippen LogP contribution is 2.39. The fourth-order valence-electron chi connectivity index (χ4n) is 2.57. The van der Waals surface area contributed by atoms with E-state index in [0.717, 1.165) is 0 Å². The minimum atomic E-state index is 0.292. The molecule has 0 bridgehead atoms. The molecule has 1 heterocycles. The van der Waals surface area contributed by atoms with E-state index in [0.29, 0.717) is 11.3 Å². The number of aromatic nitrogens is 1. The van der Waals surface area contributed by atoms with Crippen LogP contribution >= 0.6 is 0 Å². The Bertz CT molecular complexity index is 308. The van der Waals surface area contributed by atoms with Gasteiger partial charge in [-0.3, -0.25) is 0 Å². The van der Waals surface area contributed by atoms with E-state index in [2.05, 4.69) is 50.5 Å². The second kappa shape index (κ2) is 6.68. The van der Waals surface area contributed by atoms with Crippen molar-refractivity contribution in [3.63, 3.8) is 0 Å². The Morgan fingerprint density at radius 3 is 2.65 bits per heavy atom. The lowest BCUT2D eigenvalue weighted by molar-refractivity contribution is 0.282. The van der Waals surface area contributed by atoms with Gasteiger partial charge in [0.2, 0.25) is 0 Å². The van der Waals surface area contributed by atoms with E-state index in [1.807, 2.05) is 6.20 Å². The molecule has 1 heteroatoms. The molecular weight excluding hydrogens is 206 g/mol. The van der Waals surface area contributed by atoms with Crippen LogP contribution in [0.3, 0.4) is 0 Å². The van der Waals surface area contributed by atoms with E-state index in [-0.39, 0.29) is 0 Å². The van der Waals surface area contributed by atoms with E-state index >= 15 is 0 Å². The number of hydrogen-bond acceptors (Lipinski definition) is 0. The Hall–Kier alpha value is -0.980. The zero-order chi connectivity index (χ0) is 12.7. The van der Waals surface area contributed by atoms with E-state index in [9.17, 15) is 0 Å². The van der Waals surface area contributed by atoms with Crippen LogP contribution in [0, 0.1) is 5.41 Å². The highest BCUT2D eigenvalue weighted by atomic mass is 14.7. The Kier molecular flexibility index (Phi) is 5.54. The maximum absolute atomic E-state index is 4.01. The van der Waals surface area contributed by atoms with Crippen LogP contribution in [0.2, 0.25) is 0 Å². The summed E-state index contributed by atoms with van der Waals surface area (Å²) in [6.07, 6.45) is 10.7. The molecule has 96 valence electrons. The second-order valence-electron chi connectivity index (χ2n) is 5.64. The van der Waals surface area contributed by atoms with Crippen molar-refractivity contribution in [2.75, 3.05) is 0 Å². The highest BCUT2D eigenvalue weighted by Gasteiger charge is 2.28. The molecule has 0 amide bonds. The number of hydrogen-bond donors (Lipinski definition) is 1. The van der Waals surface area contributed by atoms with Gasteiger partial charge in [-0.2, -0.15) is 0 Å². The van der Waals surface area contributed by atoms with Crippen molar-refractivity contribution >= 4 is 0 Å². The average Bonchev–Trinajstić information content (AvgIpc) is 2.78. The lowest BCUT2D eigenvalue weighted by atomic mass is 9.73. The maximum atomic E-state index is 4.01. The molecule has 1 unspecified atom stereocenters. The Labute approximate surface area is 106 Å². The van der Waals surface area contributed by atoms with E-state index in [4.69, 9.17) is 0 Å². The molecule has 0 aliphatic rings. The lowest BCUT2D eigenvalue weighted by Crippen LogP contribution is -2.21. The van der Waals surface area contributed by atoms with Gasteiger partial charge in [0, 0.05) is 17.8 Å². The first kappa shape index (κ1) is 14.1. The van der Waals surface area contributed by atoms with E-state index in [1.165, 1.54) is 37.8 Å². The molecule has 0 radical (unpaired) electrons. The molecule has 1 atom stereocenters. The van der Waals surface area contributed by atoms with E-state index in [1.54, 1.807) is 0 Å². The molecule has 0 fully saturated rings. The lowest BCUT2D eigenvalue weighted by Gasteiger charge is -2.32. The summed E-state index contributed by atoms with van der Waals surface area (Å²) < 4.78 is 0. The molecule has 1 aromatic rings. The molecule has 0 aromatic carbocycles. The summed E-state index contributed by atoms with van der Waals surface area (Å²) in [7, 11) is 0. The van der Waals surface area contributed by atoms with Crippen LogP contribution in [0.4, 0.5) is 0 Å². The smallest absolute Gasteiger partial charge is 0.0222 e. The number of allylic oxidation sites excluding steroid dienone is 1. The fourth-order valence-corrected chi connectivity index (χ4v) is 2.57.